The molecule has 1 fully saturated rings. The second-order valence-corrected chi connectivity index (χ2v) is 6.32. The summed E-state index contributed by atoms with van der Waals surface area (Å²) in [7, 11) is 2.18. The highest BCUT2D eigenvalue weighted by Crippen LogP contribution is 2.24. The van der Waals surface area contributed by atoms with E-state index in [4.69, 9.17) is 5.26 Å². The maximum absolute atomic E-state index is 8.88. The molecule has 1 aliphatic heterocycles. The molecule has 118 valence electrons. The summed E-state index contributed by atoms with van der Waals surface area (Å²) in [5.41, 5.74) is 3.21. The van der Waals surface area contributed by atoms with E-state index in [1.165, 1.54) is 17.7 Å². The first-order chi connectivity index (χ1) is 11.2. The molecule has 0 radical (unpaired) electrons. The lowest BCUT2D eigenvalue weighted by molar-refractivity contribution is 0.279. The van der Waals surface area contributed by atoms with Crippen LogP contribution in [0.1, 0.15) is 17.5 Å². The summed E-state index contributed by atoms with van der Waals surface area (Å²) in [4.78, 5) is 8.98. The van der Waals surface area contributed by atoms with E-state index in [9.17, 15) is 0 Å². The van der Waals surface area contributed by atoms with Gasteiger partial charge in [0.15, 0.2) is 0 Å². The topological polar surface area (TPSA) is 43.2 Å². The predicted molar refractivity (Wildman–Crippen MR) is 92.0 cm³/mol. The van der Waals surface area contributed by atoms with Gasteiger partial charge in [-0.25, -0.2) is 0 Å². The lowest BCUT2D eigenvalue weighted by atomic mass is 10.1. The highest BCUT2D eigenvalue weighted by Gasteiger charge is 2.23. The van der Waals surface area contributed by atoms with Crippen molar-refractivity contribution in [2.45, 2.75) is 13.0 Å². The van der Waals surface area contributed by atoms with Gasteiger partial charge >= 0.3 is 0 Å². The second kappa shape index (κ2) is 7.26. The van der Waals surface area contributed by atoms with E-state index >= 15 is 0 Å². The molecular weight excluding hydrogens is 284 g/mol. The zero-order valence-corrected chi connectivity index (χ0v) is 13.5. The standard InChI is InChI=1S/C19H22N4/c1-22(13-17-3-2-9-21-12-17)14-18-8-10-23(15-18)19-6-4-16(11-20)5-7-19/h2-7,9,12,18H,8,10,13-15H2,1H3. The molecule has 0 aliphatic carbocycles. The van der Waals surface area contributed by atoms with Gasteiger partial charge < -0.3 is 9.80 Å². The van der Waals surface area contributed by atoms with Crippen LogP contribution in [0.15, 0.2) is 48.8 Å². The number of aromatic nitrogens is 1. The van der Waals surface area contributed by atoms with Crippen LogP contribution >= 0.6 is 0 Å². The quantitative estimate of drug-likeness (QED) is 0.852. The molecule has 1 aromatic heterocycles. The van der Waals surface area contributed by atoms with Crippen molar-refractivity contribution in [1.82, 2.24) is 9.88 Å². The number of benzene rings is 1. The normalized spacial score (nSPS) is 17.4. The van der Waals surface area contributed by atoms with Crippen LogP contribution in [0.3, 0.4) is 0 Å². The van der Waals surface area contributed by atoms with Crippen LogP contribution in [0.25, 0.3) is 0 Å². The fourth-order valence-electron chi connectivity index (χ4n) is 3.27. The molecule has 1 atom stereocenters. The summed E-state index contributed by atoms with van der Waals surface area (Å²) in [6.45, 7) is 4.23. The Labute approximate surface area is 138 Å². The van der Waals surface area contributed by atoms with Gasteiger partial charge in [0.25, 0.3) is 0 Å². The van der Waals surface area contributed by atoms with Gasteiger partial charge in [0.1, 0.15) is 0 Å². The SMILES string of the molecule is CN(Cc1cccnc1)CC1CCN(c2ccc(C#N)cc2)C1. The van der Waals surface area contributed by atoms with Gasteiger partial charge in [-0.1, -0.05) is 6.07 Å². The van der Waals surface area contributed by atoms with E-state index in [-0.39, 0.29) is 0 Å². The minimum absolute atomic E-state index is 0.687. The van der Waals surface area contributed by atoms with E-state index in [1.807, 2.05) is 30.6 Å². The molecule has 3 rings (SSSR count). The average molecular weight is 306 g/mol. The molecule has 4 heteroatoms. The Hall–Kier alpha value is -2.38. The van der Waals surface area contributed by atoms with Crippen LogP contribution in [0.4, 0.5) is 5.69 Å². The predicted octanol–water partition coefficient (Wildman–Crippen LogP) is 2.91. The van der Waals surface area contributed by atoms with Crippen molar-refractivity contribution in [3.8, 4) is 6.07 Å². The molecule has 1 unspecified atom stereocenters. The Morgan fingerprint density at radius 2 is 2.13 bits per heavy atom. The van der Waals surface area contributed by atoms with Crippen molar-refractivity contribution < 1.29 is 0 Å². The van der Waals surface area contributed by atoms with Crippen molar-refractivity contribution in [3.05, 3.63) is 59.9 Å². The van der Waals surface area contributed by atoms with Gasteiger partial charge in [-0.3, -0.25) is 4.98 Å². The number of nitrogens with zero attached hydrogens (tertiary/aromatic N) is 4. The fraction of sp³-hybridized carbons (Fsp3) is 0.368. The monoisotopic (exact) mass is 306 g/mol. The zero-order valence-electron chi connectivity index (χ0n) is 13.5. The van der Waals surface area contributed by atoms with Crippen molar-refractivity contribution in [1.29, 1.82) is 5.26 Å². The van der Waals surface area contributed by atoms with Gasteiger partial charge in [-0.15, -0.1) is 0 Å². The largest absolute Gasteiger partial charge is 0.371 e. The molecule has 0 saturated carbocycles. The number of nitriles is 1. The maximum Gasteiger partial charge on any atom is 0.0991 e. The van der Waals surface area contributed by atoms with Gasteiger partial charge in [-0.2, -0.15) is 5.26 Å². The van der Waals surface area contributed by atoms with E-state index < -0.39 is 0 Å². The number of hydrogen-bond donors (Lipinski definition) is 0. The first kappa shape index (κ1) is 15.5. The van der Waals surface area contributed by atoms with Crippen molar-refractivity contribution in [3.63, 3.8) is 0 Å². The van der Waals surface area contributed by atoms with E-state index in [0.717, 1.165) is 31.7 Å². The molecule has 0 bridgehead atoms. The third kappa shape index (κ3) is 4.08. The highest BCUT2D eigenvalue weighted by atomic mass is 15.2. The van der Waals surface area contributed by atoms with Crippen LogP contribution in [0.2, 0.25) is 0 Å². The van der Waals surface area contributed by atoms with Gasteiger partial charge in [-0.05, 0) is 55.3 Å². The summed E-state index contributed by atoms with van der Waals surface area (Å²) < 4.78 is 0. The summed E-state index contributed by atoms with van der Waals surface area (Å²) >= 11 is 0. The Morgan fingerprint density at radius 1 is 1.30 bits per heavy atom. The molecule has 2 heterocycles. The average Bonchev–Trinajstić information content (AvgIpc) is 3.04. The van der Waals surface area contributed by atoms with Crippen molar-refractivity contribution >= 4 is 5.69 Å². The van der Waals surface area contributed by atoms with Gasteiger partial charge in [0.2, 0.25) is 0 Å². The summed E-state index contributed by atoms with van der Waals surface area (Å²) in [6.07, 6.45) is 4.97. The first-order valence-electron chi connectivity index (χ1n) is 8.07. The van der Waals surface area contributed by atoms with Crippen molar-refractivity contribution in [2.24, 2.45) is 5.92 Å². The Bertz CT molecular complexity index is 660. The molecule has 2 aromatic rings. The minimum atomic E-state index is 0.687. The zero-order chi connectivity index (χ0) is 16.1. The second-order valence-electron chi connectivity index (χ2n) is 6.32. The third-order valence-electron chi connectivity index (χ3n) is 4.39. The smallest absolute Gasteiger partial charge is 0.0991 e. The maximum atomic E-state index is 8.88. The van der Waals surface area contributed by atoms with Gasteiger partial charge in [0.05, 0.1) is 11.6 Å². The van der Waals surface area contributed by atoms with Crippen LogP contribution in [-0.2, 0) is 6.54 Å². The van der Waals surface area contributed by atoms with Crippen LogP contribution in [-0.4, -0.2) is 36.6 Å². The highest BCUT2D eigenvalue weighted by molar-refractivity contribution is 5.50. The summed E-state index contributed by atoms with van der Waals surface area (Å²) in [5, 5.41) is 8.88. The molecule has 1 aliphatic rings. The molecule has 0 N–H and O–H groups in total. The Morgan fingerprint density at radius 3 is 2.83 bits per heavy atom. The van der Waals surface area contributed by atoms with Crippen molar-refractivity contribution in [2.75, 3.05) is 31.6 Å². The number of pyridine rings is 1. The minimum Gasteiger partial charge on any atom is -0.371 e. The number of hydrogen-bond acceptors (Lipinski definition) is 4. The summed E-state index contributed by atoms with van der Waals surface area (Å²) in [6, 6.07) is 14.2. The molecule has 0 spiro atoms. The molecule has 1 aromatic carbocycles. The first-order valence-corrected chi connectivity index (χ1v) is 8.07. The lowest BCUT2D eigenvalue weighted by Crippen LogP contribution is -2.28. The van der Waals surface area contributed by atoms with Crippen LogP contribution < -0.4 is 4.90 Å². The molecular formula is C19H22N4. The van der Waals surface area contributed by atoms with E-state index in [1.54, 1.807) is 0 Å². The third-order valence-corrected chi connectivity index (χ3v) is 4.39. The Balaban J connectivity index is 1.52. The number of rotatable bonds is 5. The van der Waals surface area contributed by atoms with Crippen LogP contribution in [0, 0.1) is 17.2 Å². The molecule has 1 saturated heterocycles. The van der Waals surface area contributed by atoms with Gasteiger partial charge in [0, 0.05) is 44.3 Å². The molecule has 0 amide bonds. The lowest BCUT2D eigenvalue weighted by Gasteiger charge is -2.22. The number of anilines is 1. The molecule has 23 heavy (non-hydrogen) atoms. The molecule has 4 nitrogen and oxygen atoms in total. The fourth-order valence-corrected chi connectivity index (χ4v) is 3.27. The Kier molecular flexibility index (Phi) is 4.89. The van der Waals surface area contributed by atoms with E-state index in [0.29, 0.717) is 5.92 Å². The van der Waals surface area contributed by atoms with E-state index in [2.05, 4.69) is 46.1 Å². The van der Waals surface area contributed by atoms with Crippen LogP contribution in [0.5, 0.6) is 0 Å². The summed E-state index contributed by atoms with van der Waals surface area (Å²) in [5.74, 6) is 0.687.